The van der Waals surface area contributed by atoms with Crippen LogP contribution in [0.2, 0.25) is 0 Å². The van der Waals surface area contributed by atoms with Gasteiger partial charge in [-0.3, -0.25) is 0 Å². The summed E-state index contributed by atoms with van der Waals surface area (Å²) in [6.07, 6.45) is -0.427. The number of hydrogen-bond donors (Lipinski definition) is 1. The Morgan fingerprint density at radius 3 is 2.24 bits per heavy atom. The Balaban J connectivity index is 2.33. The monoisotopic (exact) mass is 290 g/mol. The summed E-state index contributed by atoms with van der Waals surface area (Å²) < 4.78 is 23.7. The first kappa shape index (κ1) is 15.3. The highest BCUT2D eigenvalue weighted by molar-refractivity contribution is 5.47. The molecule has 112 valence electrons. The van der Waals surface area contributed by atoms with Crippen LogP contribution in [0.4, 0.5) is 4.39 Å². The van der Waals surface area contributed by atoms with Crippen LogP contribution < -0.4 is 9.47 Å². The lowest BCUT2D eigenvalue weighted by Crippen LogP contribution is -2.07. The number of aliphatic hydroxyl groups is 1. The van der Waals surface area contributed by atoms with Crippen LogP contribution in [0.3, 0.4) is 0 Å². The third-order valence-corrected chi connectivity index (χ3v) is 3.52. The summed E-state index contributed by atoms with van der Waals surface area (Å²) in [7, 11) is 3.10. The lowest BCUT2D eigenvalue weighted by molar-refractivity contribution is 0.169. The second-order valence-electron chi connectivity index (χ2n) is 4.87. The van der Waals surface area contributed by atoms with Gasteiger partial charge in [-0.15, -0.1) is 0 Å². The highest BCUT2D eigenvalue weighted by Crippen LogP contribution is 2.35. The van der Waals surface area contributed by atoms with Crippen LogP contribution in [0.15, 0.2) is 36.4 Å². The summed E-state index contributed by atoms with van der Waals surface area (Å²) in [5, 5.41) is 10.5. The van der Waals surface area contributed by atoms with E-state index in [0.717, 1.165) is 11.1 Å². The molecule has 0 amide bonds. The zero-order valence-electron chi connectivity index (χ0n) is 12.4. The average molecular weight is 290 g/mol. The van der Waals surface area contributed by atoms with Crippen molar-refractivity contribution in [1.82, 2.24) is 0 Å². The van der Waals surface area contributed by atoms with Crippen molar-refractivity contribution in [3.63, 3.8) is 0 Å². The van der Waals surface area contributed by atoms with E-state index in [1.165, 1.54) is 12.1 Å². The Morgan fingerprint density at radius 2 is 1.71 bits per heavy atom. The van der Waals surface area contributed by atoms with E-state index in [9.17, 15) is 9.50 Å². The Kier molecular flexibility index (Phi) is 4.81. The van der Waals surface area contributed by atoms with Crippen LogP contribution in [0.5, 0.6) is 11.5 Å². The molecule has 0 bridgehead atoms. The van der Waals surface area contributed by atoms with Crippen LogP contribution in [-0.2, 0) is 6.42 Å². The van der Waals surface area contributed by atoms with Crippen molar-refractivity contribution < 1.29 is 19.0 Å². The fraction of sp³-hybridized carbons (Fsp3) is 0.294. The number of hydrogen-bond acceptors (Lipinski definition) is 3. The van der Waals surface area contributed by atoms with Gasteiger partial charge in [0.15, 0.2) is 0 Å². The van der Waals surface area contributed by atoms with Gasteiger partial charge in [0, 0.05) is 6.42 Å². The molecule has 21 heavy (non-hydrogen) atoms. The molecule has 0 spiro atoms. The van der Waals surface area contributed by atoms with Gasteiger partial charge in [0.2, 0.25) is 0 Å². The number of benzene rings is 2. The van der Waals surface area contributed by atoms with E-state index in [0.29, 0.717) is 23.5 Å². The zero-order valence-corrected chi connectivity index (χ0v) is 12.4. The summed E-state index contributed by atoms with van der Waals surface area (Å²) >= 11 is 0. The Morgan fingerprint density at radius 1 is 1.10 bits per heavy atom. The number of aryl methyl sites for hydroxylation is 1. The van der Waals surface area contributed by atoms with Crippen molar-refractivity contribution in [3.8, 4) is 11.5 Å². The number of methoxy groups -OCH3 is 2. The van der Waals surface area contributed by atoms with Gasteiger partial charge >= 0.3 is 0 Å². The van der Waals surface area contributed by atoms with E-state index in [-0.39, 0.29) is 5.82 Å². The molecule has 0 aliphatic heterocycles. The van der Waals surface area contributed by atoms with E-state index in [1.807, 2.05) is 6.92 Å². The number of ether oxygens (including phenoxy) is 2. The van der Waals surface area contributed by atoms with Crippen LogP contribution in [-0.4, -0.2) is 19.3 Å². The van der Waals surface area contributed by atoms with Crippen LogP contribution in [0, 0.1) is 12.7 Å². The first-order valence-electron chi connectivity index (χ1n) is 6.70. The number of aliphatic hydroxyl groups excluding tert-OH is 1. The zero-order chi connectivity index (χ0) is 15.4. The molecule has 3 nitrogen and oxygen atoms in total. The van der Waals surface area contributed by atoms with Gasteiger partial charge in [-0.05, 0) is 42.3 Å². The van der Waals surface area contributed by atoms with E-state index in [1.54, 1.807) is 38.5 Å². The molecule has 0 fully saturated rings. The quantitative estimate of drug-likeness (QED) is 0.917. The molecular weight excluding hydrogens is 271 g/mol. The molecule has 1 unspecified atom stereocenters. The second kappa shape index (κ2) is 6.59. The van der Waals surface area contributed by atoms with Gasteiger partial charge in [0.25, 0.3) is 0 Å². The van der Waals surface area contributed by atoms with Crippen LogP contribution >= 0.6 is 0 Å². The highest BCUT2D eigenvalue weighted by atomic mass is 19.1. The summed E-state index contributed by atoms with van der Waals surface area (Å²) in [6.45, 7) is 1.82. The van der Waals surface area contributed by atoms with E-state index in [2.05, 4.69) is 0 Å². The second-order valence-corrected chi connectivity index (χ2v) is 4.87. The van der Waals surface area contributed by atoms with Crippen molar-refractivity contribution in [2.24, 2.45) is 0 Å². The normalized spacial score (nSPS) is 12.0. The predicted molar refractivity (Wildman–Crippen MR) is 79.3 cm³/mol. The average Bonchev–Trinajstić information content (AvgIpc) is 2.49. The van der Waals surface area contributed by atoms with Crippen molar-refractivity contribution in [2.45, 2.75) is 19.4 Å². The van der Waals surface area contributed by atoms with Crippen molar-refractivity contribution in [1.29, 1.82) is 0 Å². The molecule has 0 aliphatic carbocycles. The molecule has 0 saturated heterocycles. The molecule has 1 N–H and O–H groups in total. The SMILES string of the molecule is COc1cccc(OC)c1C(O)Cc1ccc(F)cc1C. The van der Waals surface area contributed by atoms with Gasteiger partial charge < -0.3 is 14.6 Å². The predicted octanol–water partition coefficient (Wildman–Crippen LogP) is 3.43. The Labute approximate surface area is 124 Å². The summed E-state index contributed by atoms with van der Waals surface area (Å²) in [5.41, 5.74) is 2.30. The molecule has 1 atom stereocenters. The standard InChI is InChI=1S/C17H19FO3/c1-11-9-13(18)8-7-12(11)10-14(19)17-15(20-2)5-4-6-16(17)21-3/h4-9,14,19H,10H2,1-3H3. The smallest absolute Gasteiger partial charge is 0.128 e. The minimum atomic E-state index is -0.791. The van der Waals surface area contributed by atoms with Crippen LogP contribution in [0.25, 0.3) is 0 Å². The maximum Gasteiger partial charge on any atom is 0.128 e. The van der Waals surface area contributed by atoms with E-state index in [4.69, 9.17) is 9.47 Å². The molecule has 0 radical (unpaired) electrons. The van der Waals surface area contributed by atoms with Crippen molar-refractivity contribution >= 4 is 0 Å². The minimum absolute atomic E-state index is 0.277. The molecule has 4 heteroatoms. The fourth-order valence-corrected chi connectivity index (χ4v) is 2.41. The molecule has 2 aromatic carbocycles. The van der Waals surface area contributed by atoms with Crippen molar-refractivity contribution in [3.05, 3.63) is 58.9 Å². The highest BCUT2D eigenvalue weighted by Gasteiger charge is 2.19. The third-order valence-electron chi connectivity index (χ3n) is 3.52. The maximum atomic E-state index is 13.1. The lowest BCUT2D eigenvalue weighted by atomic mass is 9.97. The summed E-state index contributed by atoms with van der Waals surface area (Å²) in [5.74, 6) is 0.865. The molecule has 0 heterocycles. The minimum Gasteiger partial charge on any atom is -0.496 e. The number of rotatable bonds is 5. The van der Waals surface area contributed by atoms with Gasteiger partial charge in [-0.2, -0.15) is 0 Å². The topological polar surface area (TPSA) is 38.7 Å². The van der Waals surface area contributed by atoms with E-state index < -0.39 is 6.10 Å². The summed E-state index contributed by atoms with van der Waals surface area (Å²) in [4.78, 5) is 0. The van der Waals surface area contributed by atoms with Gasteiger partial charge in [-0.25, -0.2) is 4.39 Å². The fourth-order valence-electron chi connectivity index (χ4n) is 2.41. The first-order valence-corrected chi connectivity index (χ1v) is 6.70. The molecule has 0 aliphatic rings. The summed E-state index contributed by atoms with van der Waals surface area (Å²) in [6, 6.07) is 9.90. The molecule has 2 aromatic rings. The number of halogens is 1. The van der Waals surface area contributed by atoms with Crippen molar-refractivity contribution in [2.75, 3.05) is 14.2 Å². The third kappa shape index (κ3) is 3.34. The molecule has 0 saturated carbocycles. The maximum absolute atomic E-state index is 13.1. The van der Waals surface area contributed by atoms with Gasteiger partial charge in [0.1, 0.15) is 17.3 Å². The van der Waals surface area contributed by atoms with Crippen LogP contribution in [0.1, 0.15) is 22.8 Å². The van der Waals surface area contributed by atoms with Gasteiger partial charge in [-0.1, -0.05) is 12.1 Å². The molecular formula is C17H19FO3. The largest absolute Gasteiger partial charge is 0.496 e. The lowest BCUT2D eigenvalue weighted by Gasteiger charge is -2.19. The first-order chi connectivity index (χ1) is 10.1. The molecule has 2 rings (SSSR count). The Bertz CT molecular complexity index is 603. The molecule has 0 aromatic heterocycles. The van der Waals surface area contributed by atoms with Gasteiger partial charge in [0.05, 0.1) is 25.9 Å². The van der Waals surface area contributed by atoms with E-state index >= 15 is 0 Å². The Hall–Kier alpha value is -2.07.